The topological polar surface area (TPSA) is 48.0 Å². The van der Waals surface area contributed by atoms with E-state index in [0.29, 0.717) is 32.0 Å². The van der Waals surface area contributed by atoms with Crippen LogP contribution in [-0.4, -0.2) is 64.5 Å². The molecule has 0 saturated carbocycles. The van der Waals surface area contributed by atoms with E-state index in [9.17, 15) is 4.79 Å². The molecule has 0 N–H and O–H groups in total. The molecule has 0 unspecified atom stereocenters. The SMILES string of the molecule is C=C(C)C(=O)OCCOCCOCCN(C)C. The average Bonchev–Trinajstić information content (AvgIpc) is 2.25. The number of likely N-dealkylation sites (N-methyl/N-ethyl adjacent to an activating group) is 1. The molecule has 0 saturated heterocycles. The number of carbonyl (C=O) groups is 1. The zero-order chi connectivity index (χ0) is 13.1. The number of nitrogens with zero attached hydrogens (tertiary/aromatic N) is 1. The van der Waals surface area contributed by atoms with Gasteiger partial charge in [-0.15, -0.1) is 0 Å². The highest BCUT2D eigenvalue weighted by molar-refractivity contribution is 5.86. The standard InChI is InChI=1S/C12H23NO4/c1-11(2)12(14)17-10-9-16-8-7-15-6-5-13(3)4/h1,5-10H2,2-4H3. The minimum Gasteiger partial charge on any atom is -0.460 e. The molecule has 5 nitrogen and oxygen atoms in total. The van der Waals surface area contributed by atoms with Crippen molar-refractivity contribution >= 4 is 5.97 Å². The molecule has 0 radical (unpaired) electrons. The molecule has 0 heterocycles. The second-order valence-corrected chi connectivity index (χ2v) is 3.94. The first kappa shape index (κ1) is 16.1. The van der Waals surface area contributed by atoms with Crippen molar-refractivity contribution in [2.45, 2.75) is 6.92 Å². The quantitative estimate of drug-likeness (QED) is 0.322. The van der Waals surface area contributed by atoms with Crippen molar-refractivity contribution in [2.75, 3.05) is 53.7 Å². The highest BCUT2D eigenvalue weighted by Gasteiger charge is 2.01. The van der Waals surface area contributed by atoms with Crippen LogP contribution in [0.15, 0.2) is 12.2 Å². The van der Waals surface area contributed by atoms with Crippen LogP contribution in [0.2, 0.25) is 0 Å². The Morgan fingerprint density at radius 2 is 1.59 bits per heavy atom. The molecule has 0 aromatic rings. The summed E-state index contributed by atoms with van der Waals surface area (Å²) in [5.74, 6) is -0.379. The largest absolute Gasteiger partial charge is 0.460 e. The van der Waals surface area contributed by atoms with Gasteiger partial charge in [0.15, 0.2) is 0 Å². The van der Waals surface area contributed by atoms with Gasteiger partial charge in [-0.25, -0.2) is 4.79 Å². The molecule has 0 aliphatic carbocycles. The zero-order valence-corrected chi connectivity index (χ0v) is 11.0. The van der Waals surface area contributed by atoms with Crippen molar-refractivity contribution in [3.8, 4) is 0 Å². The summed E-state index contributed by atoms with van der Waals surface area (Å²) in [6, 6.07) is 0. The second-order valence-electron chi connectivity index (χ2n) is 3.94. The summed E-state index contributed by atoms with van der Waals surface area (Å²) in [5.41, 5.74) is 0.400. The predicted molar refractivity (Wildman–Crippen MR) is 66.0 cm³/mol. The molecule has 0 aliphatic rings. The smallest absolute Gasteiger partial charge is 0.333 e. The molecule has 0 amide bonds. The maximum atomic E-state index is 11.0. The third-order valence-corrected chi connectivity index (χ3v) is 1.86. The van der Waals surface area contributed by atoms with Crippen LogP contribution < -0.4 is 0 Å². The summed E-state index contributed by atoms with van der Waals surface area (Å²) in [4.78, 5) is 13.0. The summed E-state index contributed by atoms with van der Waals surface area (Å²) in [7, 11) is 3.99. The minimum absolute atomic E-state index is 0.253. The number of hydrogen-bond donors (Lipinski definition) is 0. The van der Waals surface area contributed by atoms with Gasteiger partial charge >= 0.3 is 5.97 Å². The van der Waals surface area contributed by atoms with Gasteiger partial charge in [0.2, 0.25) is 0 Å². The Balaban J connectivity index is 3.14. The molecular weight excluding hydrogens is 222 g/mol. The van der Waals surface area contributed by atoms with E-state index in [1.165, 1.54) is 0 Å². The van der Waals surface area contributed by atoms with Gasteiger partial charge in [-0.3, -0.25) is 0 Å². The Morgan fingerprint density at radius 1 is 1.06 bits per heavy atom. The van der Waals surface area contributed by atoms with E-state index in [-0.39, 0.29) is 12.6 Å². The third kappa shape index (κ3) is 11.4. The maximum absolute atomic E-state index is 11.0. The lowest BCUT2D eigenvalue weighted by molar-refractivity contribution is -0.140. The molecule has 0 rings (SSSR count). The Labute approximate surface area is 103 Å². The van der Waals surface area contributed by atoms with Crippen LogP contribution >= 0.6 is 0 Å². The van der Waals surface area contributed by atoms with Crippen molar-refractivity contribution in [2.24, 2.45) is 0 Å². The lowest BCUT2D eigenvalue weighted by Gasteiger charge is -2.10. The van der Waals surface area contributed by atoms with Crippen molar-refractivity contribution in [3.05, 3.63) is 12.2 Å². The van der Waals surface area contributed by atoms with Gasteiger partial charge in [0.1, 0.15) is 6.61 Å². The zero-order valence-electron chi connectivity index (χ0n) is 11.0. The lowest BCUT2D eigenvalue weighted by Crippen LogP contribution is -2.19. The van der Waals surface area contributed by atoms with Crippen LogP contribution in [0.1, 0.15) is 6.92 Å². The molecule has 100 valence electrons. The van der Waals surface area contributed by atoms with E-state index in [0.717, 1.165) is 6.54 Å². The van der Waals surface area contributed by atoms with Crippen molar-refractivity contribution in [1.82, 2.24) is 4.90 Å². The van der Waals surface area contributed by atoms with Crippen LogP contribution in [0.3, 0.4) is 0 Å². The maximum Gasteiger partial charge on any atom is 0.333 e. The molecule has 0 aromatic heterocycles. The van der Waals surface area contributed by atoms with Gasteiger partial charge in [0.25, 0.3) is 0 Å². The fourth-order valence-electron chi connectivity index (χ4n) is 0.886. The lowest BCUT2D eigenvalue weighted by atomic mass is 10.4. The number of carbonyl (C=O) groups excluding carboxylic acids is 1. The monoisotopic (exact) mass is 245 g/mol. The first-order valence-electron chi connectivity index (χ1n) is 5.67. The summed E-state index contributed by atoms with van der Waals surface area (Å²) in [6.07, 6.45) is 0. The van der Waals surface area contributed by atoms with E-state index >= 15 is 0 Å². The summed E-state index contributed by atoms with van der Waals surface area (Å²) >= 11 is 0. The normalized spacial score (nSPS) is 10.6. The highest BCUT2D eigenvalue weighted by Crippen LogP contribution is 1.91. The van der Waals surface area contributed by atoms with Gasteiger partial charge in [-0.2, -0.15) is 0 Å². The van der Waals surface area contributed by atoms with Gasteiger partial charge in [0.05, 0.1) is 26.4 Å². The Hall–Kier alpha value is -0.910. The van der Waals surface area contributed by atoms with Gasteiger partial charge in [0, 0.05) is 12.1 Å². The Morgan fingerprint density at radius 3 is 2.12 bits per heavy atom. The molecule has 0 bridgehead atoms. The molecular formula is C12H23NO4. The van der Waals surface area contributed by atoms with Crippen LogP contribution in [0.25, 0.3) is 0 Å². The third-order valence-electron chi connectivity index (χ3n) is 1.86. The summed E-state index contributed by atoms with van der Waals surface area (Å²) in [6.45, 7) is 8.39. The van der Waals surface area contributed by atoms with Gasteiger partial charge < -0.3 is 19.1 Å². The molecule has 0 spiro atoms. The van der Waals surface area contributed by atoms with Crippen LogP contribution in [0.4, 0.5) is 0 Å². The van der Waals surface area contributed by atoms with Crippen LogP contribution in [0.5, 0.6) is 0 Å². The van der Waals surface area contributed by atoms with Crippen LogP contribution in [-0.2, 0) is 19.0 Å². The van der Waals surface area contributed by atoms with Crippen LogP contribution in [0, 0.1) is 0 Å². The molecule has 0 aromatic carbocycles. The predicted octanol–water partition coefficient (Wildman–Crippen LogP) is 0.701. The fraction of sp³-hybridized carbons (Fsp3) is 0.750. The molecule has 0 atom stereocenters. The Bertz CT molecular complexity index is 229. The number of hydrogen-bond acceptors (Lipinski definition) is 5. The Kier molecular flexibility index (Phi) is 9.71. The average molecular weight is 245 g/mol. The molecule has 17 heavy (non-hydrogen) atoms. The van der Waals surface area contributed by atoms with Crippen molar-refractivity contribution in [1.29, 1.82) is 0 Å². The van der Waals surface area contributed by atoms with E-state index < -0.39 is 0 Å². The number of esters is 1. The second kappa shape index (κ2) is 10.3. The van der Waals surface area contributed by atoms with E-state index in [1.807, 2.05) is 14.1 Å². The fourth-order valence-corrected chi connectivity index (χ4v) is 0.886. The van der Waals surface area contributed by atoms with Gasteiger partial charge in [-0.05, 0) is 21.0 Å². The first-order chi connectivity index (χ1) is 8.04. The molecule has 0 fully saturated rings. The molecule has 5 heteroatoms. The first-order valence-corrected chi connectivity index (χ1v) is 5.67. The highest BCUT2D eigenvalue weighted by atomic mass is 16.6. The number of ether oxygens (including phenoxy) is 3. The van der Waals surface area contributed by atoms with Crippen molar-refractivity contribution in [3.63, 3.8) is 0 Å². The van der Waals surface area contributed by atoms with Crippen molar-refractivity contribution < 1.29 is 19.0 Å². The summed E-state index contributed by atoms with van der Waals surface area (Å²) < 4.78 is 15.4. The number of rotatable bonds is 10. The molecule has 0 aliphatic heterocycles. The summed E-state index contributed by atoms with van der Waals surface area (Å²) in [5, 5.41) is 0. The minimum atomic E-state index is -0.379. The van der Waals surface area contributed by atoms with Gasteiger partial charge in [-0.1, -0.05) is 6.58 Å². The van der Waals surface area contributed by atoms with E-state index in [2.05, 4.69) is 11.5 Å². The van der Waals surface area contributed by atoms with E-state index in [4.69, 9.17) is 14.2 Å². The van der Waals surface area contributed by atoms with E-state index in [1.54, 1.807) is 6.92 Å².